The molecule has 0 bridgehead atoms. The molecule has 1 fully saturated rings. The van der Waals surface area contributed by atoms with Gasteiger partial charge in [0.05, 0.1) is 0 Å². The normalized spacial score (nSPS) is 22.1. The van der Waals surface area contributed by atoms with Crippen LogP contribution in [-0.4, -0.2) is 34.4 Å². The molecule has 205 valence electrons. The van der Waals surface area contributed by atoms with Gasteiger partial charge in [-0.2, -0.15) is 28.2 Å². The van der Waals surface area contributed by atoms with Crippen LogP contribution in [0.2, 0.25) is 0 Å². The molecule has 3 rings (SSSR count). The van der Waals surface area contributed by atoms with Crippen molar-refractivity contribution in [1.29, 1.82) is 0 Å². The van der Waals surface area contributed by atoms with E-state index in [2.05, 4.69) is 48.9 Å². The fourth-order valence-corrected chi connectivity index (χ4v) is 4.42. The largest absolute Gasteiger partial charge is 3.00 e. The Balaban J connectivity index is 0. The van der Waals surface area contributed by atoms with Crippen LogP contribution in [0.15, 0.2) is 29.4 Å². The van der Waals surface area contributed by atoms with Crippen LogP contribution >= 0.6 is 0 Å². The number of rotatable bonds is 4. The molecule has 0 saturated heterocycles. The first kappa shape index (κ1) is 37.3. The molecule has 4 atom stereocenters. The van der Waals surface area contributed by atoms with E-state index in [1.165, 1.54) is 6.21 Å². The van der Waals surface area contributed by atoms with Crippen LogP contribution in [0.4, 0.5) is 27.6 Å². The summed E-state index contributed by atoms with van der Waals surface area (Å²) in [6, 6.07) is 7.46. The Morgan fingerprint density at radius 2 is 1.05 bits per heavy atom. The van der Waals surface area contributed by atoms with Gasteiger partial charge in [0.15, 0.2) is 29.1 Å². The second kappa shape index (κ2) is 17.7. The molecule has 4 unspecified atom stereocenters. The fraction of sp³-hybridized carbons (Fsp3) is 0.481. The topological polar surface area (TPSA) is 54.7 Å². The average molecular weight is 560 g/mol. The minimum absolute atomic E-state index is 0. The quantitative estimate of drug-likeness (QED) is 0.0683. The second-order valence-electron chi connectivity index (χ2n) is 8.75. The minimum atomic E-state index is -2.22. The molecule has 0 amide bonds. The summed E-state index contributed by atoms with van der Waals surface area (Å²) < 4.78 is 67.3. The maximum atomic E-state index is 13.8. The summed E-state index contributed by atoms with van der Waals surface area (Å²) in [5.41, 5.74) is 3.69. The van der Waals surface area contributed by atoms with Crippen molar-refractivity contribution in [1.82, 2.24) is 0 Å². The van der Waals surface area contributed by atoms with E-state index in [0.717, 1.165) is 5.56 Å². The van der Waals surface area contributed by atoms with E-state index in [-0.39, 0.29) is 35.1 Å². The summed E-state index contributed by atoms with van der Waals surface area (Å²) in [7, 11) is 7.00. The van der Waals surface area contributed by atoms with E-state index in [1.807, 2.05) is 12.1 Å². The summed E-state index contributed by atoms with van der Waals surface area (Å²) in [5, 5.41) is 10.6. The van der Waals surface area contributed by atoms with Crippen molar-refractivity contribution in [2.45, 2.75) is 33.6 Å². The zero-order valence-corrected chi connectivity index (χ0v) is 24.5. The smallest absolute Gasteiger partial charge is 0.668 e. The van der Waals surface area contributed by atoms with E-state index in [4.69, 9.17) is 0 Å². The van der Waals surface area contributed by atoms with E-state index in [9.17, 15) is 22.0 Å². The van der Waals surface area contributed by atoms with Gasteiger partial charge in [-0.05, 0) is 46.4 Å². The maximum Gasteiger partial charge on any atom is 3.00 e. The molecule has 2 aromatic carbocycles. The average Bonchev–Trinajstić information content (AvgIpc) is 3.02. The summed E-state index contributed by atoms with van der Waals surface area (Å²) in [6.07, 6.45) is 1.29. The van der Waals surface area contributed by atoms with Gasteiger partial charge in [0.1, 0.15) is 0 Å². The van der Waals surface area contributed by atoms with Gasteiger partial charge >= 0.3 is 21.7 Å². The minimum Gasteiger partial charge on any atom is -0.668 e. The predicted octanol–water partition coefficient (Wildman–Crippen LogP) is 8.75. The molecule has 4 nitrogen and oxygen atoms in total. The van der Waals surface area contributed by atoms with Gasteiger partial charge in [-0.3, -0.25) is 0 Å². The molecule has 0 aromatic heterocycles. The Morgan fingerprint density at radius 1 is 0.676 bits per heavy atom. The molecular weight excluding hydrogens is 523 g/mol. The van der Waals surface area contributed by atoms with Crippen LogP contribution in [0, 0.1) is 60.2 Å². The number of halogens is 5. The van der Waals surface area contributed by atoms with Crippen molar-refractivity contribution >= 4 is 11.9 Å². The number of nitrogens with zero attached hydrogens (tertiary/aromatic N) is 4. The standard InChI is InChI=1S/C22H22F5N2.2C2H6N.CH3.Ti/c1-10-11(2)13(4)16(12(10)3)15-8-6-5-7-14(15)9-28-29-22-20(26)18(24)17(23)19(25)21(22)27;2*1-3-2;;/h5-13,16H,1-4H3;2*1-2H3;1H3;/q4*-1;+3/b28-9+;;;;. The van der Waals surface area contributed by atoms with Crippen molar-refractivity contribution in [3.8, 4) is 0 Å². The molecule has 1 radical (unpaired) electrons. The van der Waals surface area contributed by atoms with Crippen LogP contribution in [0.5, 0.6) is 0 Å². The molecule has 10 heteroatoms. The van der Waals surface area contributed by atoms with Crippen LogP contribution in [0.1, 0.15) is 44.7 Å². The third-order valence-electron chi connectivity index (χ3n) is 6.52. The maximum absolute atomic E-state index is 13.8. The zero-order chi connectivity index (χ0) is 26.9. The first-order valence-corrected chi connectivity index (χ1v) is 11.3. The van der Waals surface area contributed by atoms with Gasteiger partial charge in [-0.1, -0.05) is 52.0 Å². The second-order valence-corrected chi connectivity index (χ2v) is 8.75. The van der Waals surface area contributed by atoms with Crippen molar-refractivity contribution in [3.05, 3.63) is 88.0 Å². The van der Waals surface area contributed by atoms with Gasteiger partial charge in [0.25, 0.3) is 0 Å². The third-order valence-corrected chi connectivity index (χ3v) is 6.52. The van der Waals surface area contributed by atoms with Gasteiger partial charge in [-0.25, -0.2) is 22.0 Å². The SMILES string of the molecule is CC1C(C)C(C)C(c2ccccc2/C=N/[N-]c2c(F)c(F)c(F)c(F)c2F)C1C.C[N-]C.C[N-]C.[CH3-].[Ti+3]. The summed E-state index contributed by atoms with van der Waals surface area (Å²) >= 11 is 0. The monoisotopic (exact) mass is 560 g/mol. The molecule has 1 aliphatic rings. The van der Waals surface area contributed by atoms with E-state index >= 15 is 0 Å². The number of benzene rings is 2. The van der Waals surface area contributed by atoms with Gasteiger partial charge < -0.3 is 28.6 Å². The molecule has 1 aliphatic carbocycles. The van der Waals surface area contributed by atoms with Crippen molar-refractivity contribution < 1.29 is 43.7 Å². The van der Waals surface area contributed by atoms with Gasteiger partial charge in [0, 0.05) is 6.21 Å². The molecule has 0 aliphatic heterocycles. The van der Waals surface area contributed by atoms with E-state index in [0.29, 0.717) is 29.2 Å². The number of hydrogen-bond donors (Lipinski definition) is 0. The van der Waals surface area contributed by atoms with Gasteiger partial charge in [-0.15, -0.1) is 0 Å². The molecule has 1 saturated carbocycles. The first-order valence-electron chi connectivity index (χ1n) is 11.3. The molecular formula is C27H37F5N4Ti-. The van der Waals surface area contributed by atoms with Crippen LogP contribution < -0.4 is 0 Å². The first-order chi connectivity index (χ1) is 16.5. The van der Waals surface area contributed by atoms with Crippen LogP contribution in [0.3, 0.4) is 0 Å². The Bertz CT molecular complexity index is 945. The fourth-order valence-electron chi connectivity index (χ4n) is 4.42. The summed E-state index contributed by atoms with van der Waals surface area (Å²) in [4.78, 5) is 0. The number of hydrogen-bond acceptors (Lipinski definition) is 1. The predicted molar refractivity (Wildman–Crippen MR) is 140 cm³/mol. The van der Waals surface area contributed by atoms with E-state index < -0.39 is 34.8 Å². The Hall–Kier alpha value is -1.81. The Labute approximate surface area is 233 Å². The Kier molecular flexibility index (Phi) is 17.8. The van der Waals surface area contributed by atoms with Crippen molar-refractivity contribution in [2.75, 3.05) is 28.2 Å². The van der Waals surface area contributed by atoms with Gasteiger partial charge in [0.2, 0.25) is 0 Å². The van der Waals surface area contributed by atoms with Crippen molar-refractivity contribution in [3.63, 3.8) is 0 Å². The summed E-state index contributed by atoms with van der Waals surface area (Å²) in [6.45, 7) is 8.84. The summed E-state index contributed by atoms with van der Waals surface area (Å²) in [5.74, 6) is -8.18. The van der Waals surface area contributed by atoms with Crippen molar-refractivity contribution in [2.24, 2.45) is 28.8 Å². The molecule has 0 heterocycles. The van der Waals surface area contributed by atoms with Crippen LogP contribution in [0.25, 0.3) is 16.1 Å². The Morgan fingerprint density at radius 3 is 1.49 bits per heavy atom. The molecule has 37 heavy (non-hydrogen) atoms. The zero-order valence-electron chi connectivity index (χ0n) is 23.0. The van der Waals surface area contributed by atoms with Crippen LogP contribution in [-0.2, 0) is 21.7 Å². The third kappa shape index (κ3) is 8.87. The molecule has 0 spiro atoms. The molecule has 0 N–H and O–H groups in total. The van der Waals surface area contributed by atoms with E-state index in [1.54, 1.807) is 40.3 Å². The molecule has 2 aromatic rings.